The molecule has 178 valence electrons. The van der Waals surface area contributed by atoms with Crippen LogP contribution in [-0.4, -0.2) is 28.2 Å². The molecule has 1 saturated carbocycles. The summed E-state index contributed by atoms with van der Waals surface area (Å²) in [5, 5.41) is 14.0. The maximum absolute atomic E-state index is 15.1. The minimum absolute atomic E-state index is 0.145. The molecule has 2 aromatic carbocycles. The summed E-state index contributed by atoms with van der Waals surface area (Å²) in [7, 11) is -4.21. The van der Waals surface area contributed by atoms with Crippen molar-refractivity contribution in [1.29, 1.82) is 5.26 Å². The van der Waals surface area contributed by atoms with Gasteiger partial charge in [0.1, 0.15) is 28.6 Å². The quantitative estimate of drug-likeness (QED) is 0.397. The molecule has 0 radical (unpaired) electrons. The van der Waals surface area contributed by atoms with Gasteiger partial charge in [0.2, 0.25) is 0 Å². The van der Waals surface area contributed by atoms with E-state index < -0.39 is 15.8 Å². The van der Waals surface area contributed by atoms with E-state index >= 15 is 4.39 Å². The molecule has 0 bridgehead atoms. The molecule has 0 atom stereocenters. The average Bonchev–Trinajstić information content (AvgIpc) is 3.48. The number of nitrogens with two attached hydrogens (primary N) is 1. The smallest absolute Gasteiger partial charge is 0.263 e. The zero-order chi connectivity index (χ0) is 24.7. The van der Waals surface area contributed by atoms with Crippen molar-refractivity contribution in [3.05, 3.63) is 59.1 Å². The Morgan fingerprint density at radius 3 is 2.63 bits per heavy atom. The molecule has 1 aliphatic carbocycles. The number of aromatic nitrogens is 4. The second-order valence-corrected chi connectivity index (χ2v) is 10.3. The van der Waals surface area contributed by atoms with Crippen molar-refractivity contribution in [1.82, 2.24) is 19.7 Å². The Morgan fingerprint density at radius 1 is 1.17 bits per heavy atom. The molecule has 1 aliphatic rings. The highest BCUT2D eigenvalue weighted by atomic mass is 35.5. The molecule has 2 heterocycles. The molecular formula is C23H19ClFN7O2S. The first-order valence-corrected chi connectivity index (χ1v) is 12.7. The van der Waals surface area contributed by atoms with Crippen LogP contribution in [0.1, 0.15) is 37.3 Å². The van der Waals surface area contributed by atoms with E-state index in [0.29, 0.717) is 22.3 Å². The third-order valence-corrected chi connectivity index (χ3v) is 7.87. The van der Waals surface area contributed by atoms with Gasteiger partial charge in [-0.25, -0.2) is 27.5 Å². The first-order valence-electron chi connectivity index (χ1n) is 10.8. The van der Waals surface area contributed by atoms with Gasteiger partial charge >= 0.3 is 0 Å². The van der Waals surface area contributed by atoms with Crippen LogP contribution < -0.4 is 10.5 Å². The van der Waals surface area contributed by atoms with Crippen LogP contribution in [-0.2, 0) is 10.0 Å². The van der Waals surface area contributed by atoms with E-state index in [1.807, 2.05) is 10.8 Å². The van der Waals surface area contributed by atoms with Crippen LogP contribution in [0.15, 0.2) is 47.6 Å². The lowest BCUT2D eigenvalue weighted by atomic mass is 10.1. The largest absolute Gasteiger partial charge is 0.383 e. The highest BCUT2D eigenvalue weighted by Gasteiger charge is 2.25. The highest BCUT2D eigenvalue weighted by Crippen LogP contribution is 2.37. The van der Waals surface area contributed by atoms with Crippen molar-refractivity contribution in [3.63, 3.8) is 0 Å². The van der Waals surface area contributed by atoms with Gasteiger partial charge in [-0.05, 0) is 43.2 Å². The summed E-state index contributed by atoms with van der Waals surface area (Å²) in [6.07, 6.45) is 5.49. The normalized spacial score (nSPS) is 14.3. The maximum Gasteiger partial charge on any atom is 0.263 e. The summed E-state index contributed by atoms with van der Waals surface area (Å²) in [6.45, 7) is 0. The van der Waals surface area contributed by atoms with Gasteiger partial charge in [0.25, 0.3) is 10.0 Å². The molecule has 0 amide bonds. The topological polar surface area (TPSA) is 140 Å². The molecule has 3 N–H and O–H groups in total. The van der Waals surface area contributed by atoms with Gasteiger partial charge < -0.3 is 5.73 Å². The second kappa shape index (κ2) is 8.79. The lowest BCUT2D eigenvalue weighted by molar-refractivity contribution is 0.479. The summed E-state index contributed by atoms with van der Waals surface area (Å²) < 4.78 is 44.8. The first kappa shape index (κ1) is 23.0. The summed E-state index contributed by atoms with van der Waals surface area (Å²) in [5.41, 5.74) is 7.49. The Balaban J connectivity index is 1.52. The Labute approximate surface area is 205 Å². The van der Waals surface area contributed by atoms with Gasteiger partial charge in [0, 0.05) is 5.56 Å². The van der Waals surface area contributed by atoms with Gasteiger partial charge in [0.05, 0.1) is 33.8 Å². The molecule has 35 heavy (non-hydrogen) atoms. The van der Waals surface area contributed by atoms with Crippen LogP contribution in [0.25, 0.3) is 22.3 Å². The second-order valence-electron chi connectivity index (χ2n) is 8.25. The minimum Gasteiger partial charge on any atom is -0.383 e. The molecule has 1 fully saturated rings. The monoisotopic (exact) mass is 511 g/mol. The number of benzene rings is 2. The Bertz CT molecular complexity index is 1610. The third-order valence-electron chi connectivity index (χ3n) is 6.03. The molecular weight excluding hydrogens is 493 g/mol. The summed E-state index contributed by atoms with van der Waals surface area (Å²) >= 11 is 6.03. The predicted octanol–water partition coefficient (Wildman–Crippen LogP) is 4.66. The van der Waals surface area contributed by atoms with Crippen LogP contribution in [0.4, 0.5) is 15.9 Å². The fourth-order valence-electron chi connectivity index (χ4n) is 4.33. The maximum atomic E-state index is 15.1. The lowest BCUT2D eigenvalue weighted by Gasteiger charge is -2.11. The number of hydrogen-bond acceptors (Lipinski definition) is 7. The number of rotatable bonds is 5. The van der Waals surface area contributed by atoms with Crippen molar-refractivity contribution in [3.8, 4) is 17.3 Å². The van der Waals surface area contributed by atoms with Crippen LogP contribution in [0.2, 0.25) is 5.02 Å². The standard InChI is InChI=1S/C23H19ClFN7O2S/c24-16-9-13(11-26)5-8-19(16)35(33,34)31-18-7-6-14(10-17(18)25)21-20-22(27)28-12-29-23(20)32(30-21)15-3-1-2-4-15/h5-10,12,15,31H,1-4H2,(H2,27,28,29). The molecule has 4 aromatic rings. The van der Waals surface area contributed by atoms with Crippen molar-refractivity contribution >= 4 is 44.2 Å². The van der Waals surface area contributed by atoms with Gasteiger partial charge in [-0.3, -0.25) is 4.72 Å². The molecule has 5 rings (SSSR count). The van der Waals surface area contributed by atoms with E-state index in [0.717, 1.165) is 25.7 Å². The number of sulfonamides is 1. The molecule has 0 saturated heterocycles. The van der Waals surface area contributed by atoms with E-state index in [2.05, 4.69) is 14.7 Å². The molecule has 9 nitrogen and oxygen atoms in total. The van der Waals surface area contributed by atoms with Gasteiger partial charge in [0.15, 0.2) is 5.65 Å². The number of hydrogen-bond donors (Lipinski definition) is 2. The number of nitrogens with one attached hydrogen (secondary N) is 1. The first-order chi connectivity index (χ1) is 16.8. The summed E-state index contributed by atoms with van der Waals surface area (Å²) in [6, 6.07) is 9.84. The number of nitrogen functional groups attached to an aromatic ring is 1. The van der Waals surface area contributed by atoms with Gasteiger partial charge in [-0.15, -0.1) is 0 Å². The fourth-order valence-corrected chi connectivity index (χ4v) is 5.95. The molecule has 2 aromatic heterocycles. The third kappa shape index (κ3) is 4.15. The van der Waals surface area contributed by atoms with Crippen molar-refractivity contribution < 1.29 is 12.8 Å². The zero-order valence-corrected chi connectivity index (χ0v) is 19.8. The molecule has 12 heteroatoms. The van der Waals surface area contributed by atoms with E-state index in [-0.39, 0.29) is 33.0 Å². The molecule has 0 unspecified atom stereocenters. The Morgan fingerprint density at radius 2 is 1.94 bits per heavy atom. The SMILES string of the molecule is N#Cc1ccc(S(=O)(=O)Nc2ccc(-c3nn(C4CCCC4)c4ncnc(N)c34)cc2F)c(Cl)c1. The lowest BCUT2D eigenvalue weighted by Crippen LogP contribution is -2.14. The van der Waals surface area contributed by atoms with Crippen LogP contribution >= 0.6 is 11.6 Å². The van der Waals surface area contributed by atoms with Crippen molar-refractivity contribution in [2.24, 2.45) is 0 Å². The highest BCUT2D eigenvalue weighted by molar-refractivity contribution is 7.92. The van der Waals surface area contributed by atoms with E-state index in [4.69, 9.17) is 27.7 Å². The minimum atomic E-state index is -4.21. The van der Waals surface area contributed by atoms with E-state index in [1.165, 1.54) is 36.7 Å². The average molecular weight is 512 g/mol. The van der Waals surface area contributed by atoms with Crippen molar-refractivity contribution in [2.75, 3.05) is 10.5 Å². The van der Waals surface area contributed by atoms with E-state index in [9.17, 15) is 8.42 Å². The summed E-state index contributed by atoms with van der Waals surface area (Å²) in [5.74, 6) is -0.579. The van der Waals surface area contributed by atoms with Gasteiger partial charge in [-0.2, -0.15) is 10.4 Å². The number of halogens is 2. The summed E-state index contributed by atoms with van der Waals surface area (Å²) in [4.78, 5) is 8.17. The van der Waals surface area contributed by atoms with Crippen LogP contribution in [0.3, 0.4) is 0 Å². The number of nitriles is 1. The molecule has 0 spiro atoms. The molecule has 0 aliphatic heterocycles. The van der Waals surface area contributed by atoms with Crippen LogP contribution in [0, 0.1) is 17.1 Å². The zero-order valence-electron chi connectivity index (χ0n) is 18.2. The van der Waals surface area contributed by atoms with Crippen molar-refractivity contribution in [2.45, 2.75) is 36.6 Å². The van der Waals surface area contributed by atoms with Crippen LogP contribution in [0.5, 0.6) is 0 Å². The Hall–Kier alpha value is -3.75. The number of fused-ring (bicyclic) bond motifs is 1. The van der Waals surface area contributed by atoms with E-state index in [1.54, 1.807) is 6.07 Å². The predicted molar refractivity (Wildman–Crippen MR) is 130 cm³/mol. The number of anilines is 2. The fraction of sp³-hybridized carbons (Fsp3) is 0.217. The Kier molecular flexibility index (Phi) is 5.78. The van der Waals surface area contributed by atoms with Gasteiger partial charge in [-0.1, -0.05) is 30.5 Å². The number of nitrogens with zero attached hydrogens (tertiary/aromatic N) is 5.